The number of nitrogens with zero attached hydrogens (tertiary/aromatic N) is 3. The van der Waals surface area contributed by atoms with E-state index >= 15 is 0 Å². The number of aliphatic hydroxyl groups is 1. The molecule has 2 heterocycles. The lowest BCUT2D eigenvalue weighted by Crippen LogP contribution is -2.50. The van der Waals surface area contributed by atoms with E-state index in [0.29, 0.717) is 29.3 Å². The lowest BCUT2D eigenvalue weighted by Gasteiger charge is -2.56. The molecule has 33 heavy (non-hydrogen) atoms. The van der Waals surface area contributed by atoms with E-state index in [1.165, 1.54) is 38.5 Å². The van der Waals surface area contributed by atoms with Gasteiger partial charge in [0.1, 0.15) is 11.7 Å². The highest BCUT2D eigenvalue weighted by molar-refractivity contribution is 6.30. The van der Waals surface area contributed by atoms with Crippen LogP contribution in [-0.4, -0.2) is 31.3 Å². The first-order chi connectivity index (χ1) is 15.9. The maximum absolute atomic E-state index is 13.6. The lowest BCUT2D eigenvalue weighted by atomic mass is 9.49. The second kappa shape index (κ2) is 7.04. The van der Waals surface area contributed by atoms with Gasteiger partial charge in [-0.05, 0) is 105 Å². The number of hydrogen-bond donors (Lipinski definition) is 1. The minimum absolute atomic E-state index is 0.130. The predicted molar refractivity (Wildman–Crippen MR) is 127 cm³/mol. The summed E-state index contributed by atoms with van der Waals surface area (Å²) < 4.78 is 1.81. The second-order valence-corrected chi connectivity index (χ2v) is 12.7. The van der Waals surface area contributed by atoms with Crippen LogP contribution in [0.5, 0.6) is 0 Å². The van der Waals surface area contributed by atoms with Crippen molar-refractivity contribution in [2.45, 2.75) is 76.9 Å². The van der Waals surface area contributed by atoms with Crippen LogP contribution in [0.15, 0.2) is 18.5 Å². The lowest BCUT2D eigenvalue weighted by molar-refractivity contribution is -0.131. The van der Waals surface area contributed by atoms with Crippen LogP contribution in [0.1, 0.15) is 64.7 Å². The summed E-state index contributed by atoms with van der Waals surface area (Å²) in [6.07, 6.45) is 14.2. The van der Waals surface area contributed by atoms with Crippen LogP contribution >= 0.6 is 11.6 Å². The monoisotopic (exact) mass is 467 g/mol. The first kappa shape index (κ1) is 20.9. The molecule has 9 atom stereocenters. The molecule has 7 rings (SSSR count). The van der Waals surface area contributed by atoms with Crippen molar-refractivity contribution in [3.63, 3.8) is 0 Å². The van der Waals surface area contributed by atoms with E-state index in [1.807, 2.05) is 10.7 Å². The normalized spacial score (nSPS) is 45.7. The van der Waals surface area contributed by atoms with Gasteiger partial charge in [0.25, 0.3) is 0 Å². The smallest absolute Gasteiger partial charge is 0.157 e. The van der Waals surface area contributed by atoms with Crippen molar-refractivity contribution in [3.8, 4) is 0 Å². The molecule has 0 aliphatic heterocycles. The average Bonchev–Trinajstić information content (AvgIpc) is 3.15. The Morgan fingerprint density at radius 2 is 1.82 bits per heavy atom. The minimum Gasteiger partial charge on any atom is -0.390 e. The molecule has 0 spiro atoms. The summed E-state index contributed by atoms with van der Waals surface area (Å²) in [5, 5.41) is 16.6. The summed E-state index contributed by atoms with van der Waals surface area (Å²) in [6, 6.07) is 1.81. The van der Waals surface area contributed by atoms with Crippen molar-refractivity contribution in [3.05, 3.63) is 23.6 Å². The molecule has 0 aromatic carbocycles. The summed E-state index contributed by atoms with van der Waals surface area (Å²) in [4.78, 5) is 17.8. The number of pyridine rings is 1. The average molecular weight is 468 g/mol. The van der Waals surface area contributed by atoms with Gasteiger partial charge in [0.15, 0.2) is 5.78 Å². The third kappa shape index (κ3) is 2.97. The topological polar surface area (TPSA) is 68.0 Å². The summed E-state index contributed by atoms with van der Waals surface area (Å²) in [5.41, 5.74) is 0.719. The van der Waals surface area contributed by atoms with E-state index in [2.05, 4.69) is 17.0 Å². The third-order valence-electron chi connectivity index (χ3n) is 11.1. The van der Waals surface area contributed by atoms with Crippen LogP contribution in [0.3, 0.4) is 0 Å². The van der Waals surface area contributed by atoms with E-state index < -0.39 is 0 Å². The van der Waals surface area contributed by atoms with E-state index in [-0.39, 0.29) is 16.9 Å². The Morgan fingerprint density at radius 3 is 2.64 bits per heavy atom. The molecule has 176 valence electrons. The Bertz CT molecular complexity index is 1130. The Hall–Kier alpha value is -1.46. The highest BCUT2D eigenvalue weighted by Crippen LogP contribution is 2.68. The molecule has 2 aromatic rings. The van der Waals surface area contributed by atoms with Crippen molar-refractivity contribution in [2.24, 2.45) is 46.8 Å². The minimum atomic E-state index is -0.292. The molecule has 5 nitrogen and oxygen atoms in total. The zero-order valence-corrected chi connectivity index (χ0v) is 20.2. The Morgan fingerprint density at radius 1 is 1.06 bits per heavy atom. The molecule has 0 saturated heterocycles. The molecule has 5 saturated carbocycles. The van der Waals surface area contributed by atoms with Crippen LogP contribution in [-0.2, 0) is 11.3 Å². The van der Waals surface area contributed by atoms with Gasteiger partial charge in [0.2, 0.25) is 0 Å². The van der Waals surface area contributed by atoms with Gasteiger partial charge in [0.05, 0.1) is 23.5 Å². The van der Waals surface area contributed by atoms with Gasteiger partial charge in [-0.15, -0.1) is 0 Å². The fraction of sp³-hybridized carbons (Fsp3) is 0.741. The molecule has 1 unspecified atom stereocenters. The molecule has 5 fully saturated rings. The molecule has 5 aliphatic carbocycles. The Kier molecular flexibility index (Phi) is 4.45. The SMILES string of the molecule is C[C@]12CC[C@@H]3[C@H]4CC[C@]5(O)CC5[C@H]4CC[C@H]3[C@@H]1CC[C@@H]2C(=O)Cn1ncc2cc(Cl)ncc21. The molecular weight excluding hydrogens is 434 g/mol. The third-order valence-corrected chi connectivity index (χ3v) is 11.4. The van der Waals surface area contributed by atoms with E-state index in [9.17, 15) is 9.90 Å². The van der Waals surface area contributed by atoms with Gasteiger partial charge in [0, 0.05) is 11.3 Å². The van der Waals surface area contributed by atoms with Crippen molar-refractivity contribution in [1.82, 2.24) is 14.8 Å². The molecule has 6 heteroatoms. The number of ketones is 1. The number of Topliss-reactive ketones (excluding diaryl/α,β-unsaturated/α-hetero) is 1. The van der Waals surface area contributed by atoms with Gasteiger partial charge < -0.3 is 5.11 Å². The van der Waals surface area contributed by atoms with E-state index in [1.54, 1.807) is 12.4 Å². The summed E-state index contributed by atoms with van der Waals surface area (Å²) in [7, 11) is 0. The molecule has 2 aromatic heterocycles. The Labute approximate surface area is 200 Å². The van der Waals surface area contributed by atoms with Crippen molar-refractivity contribution < 1.29 is 9.90 Å². The number of carbonyl (C=O) groups is 1. The maximum Gasteiger partial charge on any atom is 0.157 e. The molecule has 0 bridgehead atoms. The van der Waals surface area contributed by atoms with Gasteiger partial charge in [-0.25, -0.2) is 4.98 Å². The molecule has 0 amide bonds. The number of hydrogen-bond acceptors (Lipinski definition) is 4. The van der Waals surface area contributed by atoms with Crippen molar-refractivity contribution in [2.75, 3.05) is 0 Å². The second-order valence-electron chi connectivity index (χ2n) is 12.3. The zero-order valence-electron chi connectivity index (χ0n) is 19.4. The van der Waals surface area contributed by atoms with Gasteiger partial charge in [-0.2, -0.15) is 5.10 Å². The summed E-state index contributed by atoms with van der Waals surface area (Å²) in [5.74, 6) is 4.95. The maximum atomic E-state index is 13.6. The van der Waals surface area contributed by atoms with Crippen molar-refractivity contribution in [1.29, 1.82) is 0 Å². The fourth-order valence-electron chi connectivity index (χ4n) is 9.55. The summed E-state index contributed by atoms with van der Waals surface area (Å²) in [6.45, 7) is 2.76. The van der Waals surface area contributed by atoms with Gasteiger partial charge in [-0.3, -0.25) is 9.48 Å². The van der Waals surface area contributed by atoms with Crippen LogP contribution < -0.4 is 0 Å². The highest BCUT2D eigenvalue weighted by atomic mass is 35.5. The highest BCUT2D eigenvalue weighted by Gasteiger charge is 2.65. The van der Waals surface area contributed by atoms with Crippen LogP contribution in [0.4, 0.5) is 0 Å². The number of fused-ring (bicyclic) bond motifs is 8. The molecule has 1 N–H and O–H groups in total. The van der Waals surface area contributed by atoms with Crippen LogP contribution in [0.25, 0.3) is 10.9 Å². The number of aromatic nitrogens is 3. The number of halogens is 1. The van der Waals surface area contributed by atoms with E-state index in [4.69, 9.17) is 11.6 Å². The largest absolute Gasteiger partial charge is 0.390 e. The Balaban J connectivity index is 1.10. The predicted octanol–water partition coefficient (Wildman–Crippen LogP) is 5.28. The fourth-order valence-corrected chi connectivity index (χ4v) is 9.71. The molecule has 5 aliphatic rings. The zero-order chi connectivity index (χ0) is 22.5. The first-order valence-electron chi connectivity index (χ1n) is 13.1. The van der Waals surface area contributed by atoms with Crippen LogP contribution in [0, 0.1) is 46.8 Å². The first-order valence-corrected chi connectivity index (χ1v) is 13.5. The van der Waals surface area contributed by atoms with Crippen LogP contribution in [0.2, 0.25) is 5.15 Å². The van der Waals surface area contributed by atoms with Gasteiger partial charge >= 0.3 is 0 Å². The van der Waals surface area contributed by atoms with Crippen molar-refractivity contribution >= 4 is 28.3 Å². The summed E-state index contributed by atoms with van der Waals surface area (Å²) >= 11 is 6.02. The quantitative estimate of drug-likeness (QED) is 0.623. The van der Waals surface area contributed by atoms with E-state index in [0.717, 1.165) is 53.8 Å². The van der Waals surface area contributed by atoms with Gasteiger partial charge in [-0.1, -0.05) is 18.5 Å². The molecular formula is C27H34ClN3O2. The number of rotatable bonds is 3. The number of carbonyl (C=O) groups excluding carboxylic acids is 1. The molecule has 0 radical (unpaired) electrons. The standard InChI is InChI=1S/C27H34ClN3O2/c1-26-8-6-16-17-7-9-27(33)11-22(27)19(17)3-2-18(16)20(26)4-5-21(26)24(32)14-31-23-13-29-25(28)10-15(23)12-30-31/h10,12-13,16-22,33H,2-9,11,14H2,1H3/t16-,17-,18-,19+,20+,21-,22?,26+,27+/m1/s1.